The number of sulfonamides is 1. The molecule has 0 spiro atoms. The summed E-state index contributed by atoms with van der Waals surface area (Å²) < 4.78 is 27.7. The number of nitrogens with zero attached hydrogens (tertiary/aromatic N) is 2. The molecule has 1 saturated heterocycles. The summed E-state index contributed by atoms with van der Waals surface area (Å²) in [7, 11) is -3.44. The average molecular weight is 358 g/mol. The van der Waals surface area contributed by atoms with Crippen molar-refractivity contribution < 1.29 is 8.42 Å². The van der Waals surface area contributed by atoms with Crippen molar-refractivity contribution in [2.24, 2.45) is 5.92 Å². The van der Waals surface area contributed by atoms with Gasteiger partial charge in [0.25, 0.3) is 0 Å². The van der Waals surface area contributed by atoms with E-state index in [2.05, 4.69) is 19.9 Å². The zero-order chi connectivity index (χ0) is 17.3. The maximum Gasteiger partial charge on any atom is 0.244 e. The first-order valence-electron chi connectivity index (χ1n) is 8.61. The zero-order valence-electron chi connectivity index (χ0n) is 13.9. The quantitative estimate of drug-likeness (QED) is 0.878. The van der Waals surface area contributed by atoms with Crippen LogP contribution >= 0.6 is 0 Å². The van der Waals surface area contributed by atoms with Crippen molar-refractivity contribution in [2.45, 2.75) is 30.4 Å². The first-order valence-corrected chi connectivity index (χ1v) is 10.1. The summed E-state index contributed by atoms with van der Waals surface area (Å²) in [6.45, 7) is 2.85. The van der Waals surface area contributed by atoms with Crippen LogP contribution in [0.3, 0.4) is 0 Å². The Hall–Kier alpha value is -1.96. The van der Waals surface area contributed by atoms with Gasteiger partial charge in [-0.25, -0.2) is 8.42 Å². The number of pyridine rings is 1. The average Bonchev–Trinajstić information content (AvgIpc) is 2.63. The molecule has 4 rings (SSSR count). The first kappa shape index (κ1) is 16.5. The number of anilines is 1. The number of nitrogens with one attached hydrogen (secondary N) is 2. The van der Waals surface area contributed by atoms with Gasteiger partial charge in [-0.15, -0.1) is 0 Å². The molecular formula is C18H22N4O2S. The lowest BCUT2D eigenvalue weighted by atomic mass is 9.93. The van der Waals surface area contributed by atoms with E-state index in [0.29, 0.717) is 10.6 Å². The summed E-state index contributed by atoms with van der Waals surface area (Å²) in [5, 5.41) is 3.37. The van der Waals surface area contributed by atoms with Crippen molar-refractivity contribution in [3.8, 4) is 0 Å². The van der Waals surface area contributed by atoms with Crippen LogP contribution in [0.25, 0.3) is 0 Å². The molecule has 3 heterocycles. The Morgan fingerprint density at radius 2 is 1.80 bits per heavy atom. The van der Waals surface area contributed by atoms with E-state index in [1.807, 2.05) is 36.7 Å². The zero-order valence-corrected chi connectivity index (χ0v) is 14.7. The number of fused-ring (bicyclic) bond motifs is 1. The van der Waals surface area contributed by atoms with Crippen LogP contribution in [-0.2, 0) is 16.6 Å². The SMILES string of the molecule is O=S1(=O)N[C@@H](C2CCN(Cc3ccncc3)CC2)Nc2ccccc21. The normalized spacial score (nSPS) is 23.6. The predicted molar refractivity (Wildman–Crippen MR) is 96.4 cm³/mol. The highest BCUT2D eigenvalue weighted by molar-refractivity contribution is 7.89. The summed E-state index contributed by atoms with van der Waals surface area (Å²) in [6.07, 6.45) is 5.34. The molecule has 2 aliphatic rings. The van der Waals surface area contributed by atoms with E-state index in [-0.39, 0.29) is 12.1 Å². The van der Waals surface area contributed by atoms with E-state index in [1.165, 1.54) is 5.56 Å². The monoisotopic (exact) mass is 358 g/mol. The fraction of sp³-hybridized carbons (Fsp3) is 0.389. The summed E-state index contributed by atoms with van der Waals surface area (Å²) in [5.41, 5.74) is 1.96. The van der Waals surface area contributed by atoms with Crippen molar-refractivity contribution in [3.05, 3.63) is 54.4 Å². The fourth-order valence-electron chi connectivity index (χ4n) is 3.65. The molecular weight excluding hydrogens is 336 g/mol. The van der Waals surface area contributed by atoms with E-state index in [1.54, 1.807) is 12.1 Å². The van der Waals surface area contributed by atoms with Gasteiger partial charge in [-0.05, 0) is 61.7 Å². The maximum absolute atomic E-state index is 12.5. The second kappa shape index (κ2) is 6.74. The van der Waals surface area contributed by atoms with Gasteiger partial charge in [-0.2, -0.15) is 4.72 Å². The molecule has 2 aliphatic heterocycles. The minimum atomic E-state index is -3.44. The van der Waals surface area contributed by atoms with Crippen LogP contribution in [0.1, 0.15) is 18.4 Å². The van der Waals surface area contributed by atoms with E-state index in [0.717, 1.165) is 32.5 Å². The van der Waals surface area contributed by atoms with Gasteiger partial charge in [0.1, 0.15) is 4.90 Å². The van der Waals surface area contributed by atoms with Gasteiger partial charge in [-0.3, -0.25) is 9.88 Å². The minimum Gasteiger partial charge on any atom is -0.368 e. The Kier molecular flexibility index (Phi) is 4.45. The third-order valence-electron chi connectivity index (χ3n) is 5.03. The Labute approximate surface area is 148 Å². The lowest BCUT2D eigenvalue weighted by molar-refractivity contribution is 0.163. The van der Waals surface area contributed by atoms with Crippen molar-refractivity contribution in [1.29, 1.82) is 0 Å². The van der Waals surface area contributed by atoms with Crippen LogP contribution in [0, 0.1) is 5.92 Å². The molecule has 1 aromatic carbocycles. The van der Waals surface area contributed by atoms with Gasteiger partial charge < -0.3 is 5.32 Å². The Morgan fingerprint density at radius 1 is 1.08 bits per heavy atom. The second-order valence-electron chi connectivity index (χ2n) is 6.71. The largest absolute Gasteiger partial charge is 0.368 e. The van der Waals surface area contributed by atoms with Gasteiger partial charge in [-0.1, -0.05) is 12.1 Å². The summed E-state index contributed by atoms with van der Waals surface area (Å²) in [4.78, 5) is 6.80. The Bertz CT molecular complexity index is 833. The summed E-state index contributed by atoms with van der Waals surface area (Å²) >= 11 is 0. The highest BCUT2D eigenvalue weighted by Crippen LogP contribution is 2.30. The first-order chi connectivity index (χ1) is 12.1. The standard InChI is InChI=1S/C18H22N4O2S/c23-25(24)17-4-2-1-3-16(17)20-18(21-25)15-7-11-22(12-8-15)13-14-5-9-19-10-6-14/h1-6,9-10,15,18,20-21H,7-8,11-13H2/t18-/m0/s1. The van der Waals surface area contributed by atoms with Crippen LogP contribution in [0.4, 0.5) is 5.69 Å². The van der Waals surface area contributed by atoms with Crippen LogP contribution in [0.2, 0.25) is 0 Å². The van der Waals surface area contributed by atoms with E-state index in [4.69, 9.17) is 0 Å². The summed E-state index contributed by atoms with van der Waals surface area (Å²) in [6, 6.07) is 11.2. The molecule has 25 heavy (non-hydrogen) atoms. The minimum absolute atomic E-state index is 0.233. The number of rotatable bonds is 3. The van der Waals surface area contributed by atoms with Gasteiger partial charge in [0.2, 0.25) is 10.0 Å². The topological polar surface area (TPSA) is 74.3 Å². The molecule has 0 bridgehead atoms. The van der Waals surface area contributed by atoms with Crippen LogP contribution in [-0.4, -0.2) is 37.6 Å². The van der Waals surface area contributed by atoms with Gasteiger partial charge in [0.15, 0.2) is 0 Å². The van der Waals surface area contributed by atoms with Gasteiger partial charge in [0, 0.05) is 18.9 Å². The number of benzene rings is 1. The third kappa shape index (κ3) is 3.53. The fourth-order valence-corrected chi connectivity index (χ4v) is 5.04. The molecule has 1 aromatic heterocycles. The van der Waals surface area contributed by atoms with Crippen molar-refractivity contribution in [3.63, 3.8) is 0 Å². The van der Waals surface area contributed by atoms with E-state index in [9.17, 15) is 8.42 Å². The smallest absolute Gasteiger partial charge is 0.244 e. The highest BCUT2D eigenvalue weighted by atomic mass is 32.2. The van der Waals surface area contributed by atoms with Crippen molar-refractivity contribution in [2.75, 3.05) is 18.4 Å². The highest BCUT2D eigenvalue weighted by Gasteiger charge is 2.34. The molecule has 0 unspecified atom stereocenters. The predicted octanol–water partition coefficient (Wildman–Crippen LogP) is 2.02. The van der Waals surface area contributed by atoms with E-state index >= 15 is 0 Å². The number of piperidine rings is 1. The molecule has 1 atom stereocenters. The molecule has 6 nitrogen and oxygen atoms in total. The molecule has 0 radical (unpaired) electrons. The number of aromatic nitrogens is 1. The molecule has 132 valence electrons. The van der Waals surface area contributed by atoms with Crippen LogP contribution < -0.4 is 10.0 Å². The van der Waals surface area contributed by atoms with Crippen molar-refractivity contribution >= 4 is 15.7 Å². The molecule has 7 heteroatoms. The molecule has 1 fully saturated rings. The summed E-state index contributed by atoms with van der Waals surface area (Å²) in [5.74, 6) is 0.289. The van der Waals surface area contributed by atoms with Gasteiger partial charge in [0.05, 0.1) is 11.9 Å². The number of likely N-dealkylation sites (tertiary alicyclic amines) is 1. The molecule has 2 N–H and O–H groups in total. The van der Waals surface area contributed by atoms with Gasteiger partial charge >= 0.3 is 0 Å². The number of hydrogen-bond donors (Lipinski definition) is 2. The molecule has 0 amide bonds. The second-order valence-corrected chi connectivity index (χ2v) is 8.39. The lowest BCUT2D eigenvalue weighted by Gasteiger charge is -2.38. The molecule has 0 saturated carbocycles. The maximum atomic E-state index is 12.5. The number of hydrogen-bond acceptors (Lipinski definition) is 5. The molecule has 2 aromatic rings. The third-order valence-corrected chi connectivity index (χ3v) is 6.53. The number of para-hydroxylation sites is 1. The van der Waals surface area contributed by atoms with Crippen LogP contribution in [0.15, 0.2) is 53.7 Å². The van der Waals surface area contributed by atoms with Crippen LogP contribution in [0.5, 0.6) is 0 Å². The van der Waals surface area contributed by atoms with E-state index < -0.39 is 10.0 Å². The lowest BCUT2D eigenvalue weighted by Crippen LogP contribution is -2.51. The molecule has 0 aliphatic carbocycles. The van der Waals surface area contributed by atoms with Crippen molar-refractivity contribution in [1.82, 2.24) is 14.6 Å². The Balaban J connectivity index is 1.40. The Morgan fingerprint density at radius 3 is 2.56 bits per heavy atom.